The van der Waals surface area contributed by atoms with E-state index >= 15 is 0 Å². The van der Waals surface area contributed by atoms with Gasteiger partial charge in [0.05, 0.1) is 0 Å². The van der Waals surface area contributed by atoms with Crippen LogP contribution in [0.1, 0.15) is 41.6 Å². The van der Waals surface area contributed by atoms with Crippen molar-refractivity contribution < 1.29 is 9.18 Å². The summed E-state index contributed by atoms with van der Waals surface area (Å²) in [4.78, 5) is 11.1. The fourth-order valence-electron chi connectivity index (χ4n) is 3.88. The smallest absolute Gasteiger partial charge is 0.248 e. The van der Waals surface area contributed by atoms with E-state index in [0.29, 0.717) is 17.7 Å². The molecule has 2 bridgehead atoms. The Labute approximate surface area is 118 Å². The molecule has 1 amide bonds. The number of carbonyl (C=O) groups excluding carboxylic acids is 1. The van der Waals surface area contributed by atoms with Crippen LogP contribution in [0.25, 0.3) is 0 Å². The van der Waals surface area contributed by atoms with Crippen molar-refractivity contribution in [1.82, 2.24) is 5.32 Å². The van der Waals surface area contributed by atoms with Crippen LogP contribution < -0.4 is 11.1 Å². The molecule has 3 unspecified atom stereocenters. The highest BCUT2D eigenvalue weighted by molar-refractivity contribution is 5.92. The van der Waals surface area contributed by atoms with E-state index in [4.69, 9.17) is 5.73 Å². The maximum absolute atomic E-state index is 13.7. The predicted octanol–water partition coefficient (Wildman–Crippen LogP) is 2.45. The first-order valence-electron chi connectivity index (χ1n) is 7.42. The molecule has 3 atom stereocenters. The number of fused-ring (bicyclic) bond motifs is 2. The summed E-state index contributed by atoms with van der Waals surface area (Å²) in [5.74, 6) is 1.75. The summed E-state index contributed by atoms with van der Waals surface area (Å²) >= 11 is 0. The van der Waals surface area contributed by atoms with Crippen molar-refractivity contribution >= 4 is 5.91 Å². The molecule has 0 aliphatic heterocycles. The third kappa shape index (κ3) is 2.70. The van der Waals surface area contributed by atoms with Gasteiger partial charge in [-0.15, -0.1) is 0 Å². The number of benzene rings is 1. The van der Waals surface area contributed by atoms with Crippen molar-refractivity contribution in [2.24, 2.45) is 23.5 Å². The standard InChI is InChI=1S/C16H21FN2O/c17-15-4-3-12(16(18)20)7-14(15)9-19-8-13-6-10-1-2-11(13)5-10/h3-4,7,10-11,13,19H,1-2,5-6,8-9H2,(H2,18,20). The lowest BCUT2D eigenvalue weighted by atomic mass is 9.89. The Bertz CT molecular complexity index is 517. The Balaban J connectivity index is 1.55. The van der Waals surface area contributed by atoms with Gasteiger partial charge in [0.2, 0.25) is 5.91 Å². The van der Waals surface area contributed by atoms with Gasteiger partial charge < -0.3 is 11.1 Å². The summed E-state index contributed by atoms with van der Waals surface area (Å²) in [6.07, 6.45) is 5.47. The van der Waals surface area contributed by atoms with Crippen LogP contribution in [0.2, 0.25) is 0 Å². The van der Waals surface area contributed by atoms with E-state index in [9.17, 15) is 9.18 Å². The molecule has 2 aliphatic carbocycles. The second-order valence-corrected chi connectivity index (χ2v) is 6.24. The van der Waals surface area contributed by atoms with Crippen LogP contribution >= 0.6 is 0 Å². The molecular weight excluding hydrogens is 255 g/mol. The summed E-state index contributed by atoms with van der Waals surface area (Å²) in [6.45, 7) is 1.41. The van der Waals surface area contributed by atoms with Gasteiger partial charge in [-0.1, -0.05) is 6.42 Å². The monoisotopic (exact) mass is 276 g/mol. The van der Waals surface area contributed by atoms with Gasteiger partial charge in [-0.25, -0.2) is 4.39 Å². The van der Waals surface area contributed by atoms with Crippen molar-refractivity contribution in [1.29, 1.82) is 0 Å². The number of hydrogen-bond donors (Lipinski definition) is 2. The van der Waals surface area contributed by atoms with Crippen LogP contribution in [0.15, 0.2) is 18.2 Å². The van der Waals surface area contributed by atoms with Gasteiger partial charge in [0, 0.05) is 17.7 Å². The van der Waals surface area contributed by atoms with Crippen LogP contribution in [-0.4, -0.2) is 12.5 Å². The molecule has 3 rings (SSSR count). The third-order valence-corrected chi connectivity index (χ3v) is 4.94. The molecule has 0 spiro atoms. The van der Waals surface area contributed by atoms with E-state index in [1.807, 2.05) is 0 Å². The number of nitrogens with two attached hydrogens (primary N) is 1. The van der Waals surface area contributed by atoms with Gasteiger partial charge >= 0.3 is 0 Å². The van der Waals surface area contributed by atoms with E-state index in [-0.39, 0.29) is 5.82 Å². The molecule has 4 heteroatoms. The second kappa shape index (κ2) is 5.52. The maximum atomic E-state index is 13.7. The number of rotatable bonds is 5. The molecule has 0 saturated heterocycles. The molecular formula is C16H21FN2O. The molecule has 1 aromatic rings. The molecule has 108 valence electrons. The zero-order chi connectivity index (χ0) is 14.1. The van der Waals surface area contributed by atoms with Crippen LogP contribution in [0, 0.1) is 23.6 Å². The minimum atomic E-state index is -0.514. The molecule has 0 radical (unpaired) electrons. The average molecular weight is 276 g/mol. The number of carbonyl (C=O) groups is 1. The first-order chi connectivity index (χ1) is 9.63. The lowest BCUT2D eigenvalue weighted by Crippen LogP contribution is -2.26. The highest BCUT2D eigenvalue weighted by atomic mass is 19.1. The number of hydrogen-bond acceptors (Lipinski definition) is 2. The van der Waals surface area contributed by atoms with Crippen molar-refractivity contribution in [3.63, 3.8) is 0 Å². The van der Waals surface area contributed by atoms with Crippen LogP contribution in [-0.2, 0) is 6.54 Å². The Hall–Kier alpha value is -1.42. The normalized spacial score (nSPS) is 27.9. The number of halogens is 1. The summed E-state index contributed by atoms with van der Waals surface area (Å²) in [5.41, 5.74) is 6.10. The Morgan fingerprint density at radius 3 is 2.85 bits per heavy atom. The molecule has 0 aromatic heterocycles. The predicted molar refractivity (Wildman–Crippen MR) is 75.6 cm³/mol. The molecule has 20 heavy (non-hydrogen) atoms. The summed E-state index contributed by atoms with van der Waals surface area (Å²) < 4.78 is 13.7. The van der Waals surface area contributed by atoms with Gasteiger partial charge in [0.25, 0.3) is 0 Å². The number of nitrogens with one attached hydrogen (secondary N) is 1. The molecule has 2 fully saturated rings. The molecule has 3 N–H and O–H groups in total. The van der Waals surface area contributed by atoms with Crippen LogP contribution in [0.5, 0.6) is 0 Å². The van der Waals surface area contributed by atoms with Crippen LogP contribution in [0.3, 0.4) is 0 Å². The van der Waals surface area contributed by atoms with E-state index in [1.54, 1.807) is 6.07 Å². The SMILES string of the molecule is NC(=O)c1ccc(F)c(CNCC2CC3CCC2C3)c1. The lowest BCUT2D eigenvalue weighted by Gasteiger charge is -2.22. The lowest BCUT2D eigenvalue weighted by molar-refractivity contribution is 0.1000. The molecule has 2 saturated carbocycles. The Morgan fingerprint density at radius 2 is 2.20 bits per heavy atom. The minimum Gasteiger partial charge on any atom is -0.366 e. The zero-order valence-corrected chi connectivity index (χ0v) is 11.6. The second-order valence-electron chi connectivity index (χ2n) is 6.24. The molecule has 0 heterocycles. The first-order valence-corrected chi connectivity index (χ1v) is 7.42. The minimum absolute atomic E-state index is 0.282. The average Bonchev–Trinajstić information content (AvgIpc) is 3.03. The first kappa shape index (κ1) is 13.6. The zero-order valence-electron chi connectivity index (χ0n) is 11.6. The van der Waals surface area contributed by atoms with Crippen LogP contribution in [0.4, 0.5) is 4.39 Å². The van der Waals surface area contributed by atoms with Crippen molar-refractivity contribution in [3.05, 3.63) is 35.1 Å². The van der Waals surface area contributed by atoms with E-state index in [2.05, 4.69) is 5.32 Å². The summed E-state index contributed by atoms with van der Waals surface area (Å²) in [7, 11) is 0. The van der Waals surface area contributed by atoms with Gasteiger partial charge in [0.1, 0.15) is 5.82 Å². The highest BCUT2D eigenvalue weighted by Crippen LogP contribution is 2.47. The van der Waals surface area contributed by atoms with Gasteiger partial charge in [0.15, 0.2) is 0 Å². The Kier molecular flexibility index (Phi) is 3.74. The quantitative estimate of drug-likeness (QED) is 0.868. The van der Waals surface area contributed by atoms with E-state index < -0.39 is 5.91 Å². The van der Waals surface area contributed by atoms with Gasteiger partial charge in [-0.2, -0.15) is 0 Å². The largest absolute Gasteiger partial charge is 0.366 e. The van der Waals surface area contributed by atoms with E-state index in [0.717, 1.165) is 24.3 Å². The fraction of sp³-hybridized carbons (Fsp3) is 0.562. The molecule has 2 aliphatic rings. The van der Waals surface area contributed by atoms with Crippen molar-refractivity contribution in [2.75, 3.05) is 6.54 Å². The third-order valence-electron chi connectivity index (χ3n) is 4.94. The summed E-state index contributed by atoms with van der Waals surface area (Å²) in [5, 5.41) is 3.34. The van der Waals surface area contributed by atoms with Crippen molar-refractivity contribution in [3.8, 4) is 0 Å². The number of amides is 1. The maximum Gasteiger partial charge on any atom is 0.248 e. The van der Waals surface area contributed by atoms with Gasteiger partial charge in [-0.3, -0.25) is 4.79 Å². The molecule has 1 aromatic carbocycles. The Morgan fingerprint density at radius 1 is 1.35 bits per heavy atom. The van der Waals surface area contributed by atoms with E-state index in [1.165, 1.54) is 37.8 Å². The van der Waals surface area contributed by atoms with Gasteiger partial charge in [-0.05, 0) is 61.8 Å². The van der Waals surface area contributed by atoms with Crippen molar-refractivity contribution in [2.45, 2.75) is 32.2 Å². The fourth-order valence-corrected chi connectivity index (χ4v) is 3.88. The molecule has 3 nitrogen and oxygen atoms in total. The summed E-state index contributed by atoms with van der Waals surface area (Å²) in [6, 6.07) is 4.29. The topological polar surface area (TPSA) is 55.1 Å². The highest BCUT2D eigenvalue weighted by Gasteiger charge is 2.38. The number of primary amides is 1.